The van der Waals surface area contributed by atoms with Crippen molar-refractivity contribution in [2.45, 2.75) is 6.04 Å². The average Bonchev–Trinajstić information content (AvgIpc) is 2.53. The molecule has 2 aromatic rings. The summed E-state index contributed by atoms with van der Waals surface area (Å²) < 4.78 is 0. The fourth-order valence-corrected chi connectivity index (χ4v) is 1.96. The van der Waals surface area contributed by atoms with E-state index in [0.717, 1.165) is 31.0 Å². The van der Waals surface area contributed by atoms with E-state index in [9.17, 15) is 0 Å². The van der Waals surface area contributed by atoms with Gasteiger partial charge in [-0.05, 0) is 24.3 Å². The number of nitrogens with zero attached hydrogens (tertiary/aromatic N) is 2. The molecule has 2 aromatic heterocycles. The van der Waals surface area contributed by atoms with Gasteiger partial charge in [0.15, 0.2) is 0 Å². The van der Waals surface area contributed by atoms with Gasteiger partial charge in [-0.3, -0.25) is 9.97 Å². The van der Waals surface area contributed by atoms with Crippen LogP contribution in [-0.4, -0.2) is 29.6 Å². The minimum atomic E-state index is 0.0166. The molecule has 2 heterocycles. The smallest absolute Gasteiger partial charge is 0.0925 e. The minimum Gasteiger partial charge on any atom is -0.312 e. The second kappa shape index (κ2) is 8.19. The summed E-state index contributed by atoms with van der Waals surface area (Å²) in [6.07, 6.45) is 5.47. The van der Waals surface area contributed by atoms with E-state index in [4.69, 9.17) is 0 Å². The van der Waals surface area contributed by atoms with E-state index in [1.165, 1.54) is 0 Å². The third-order valence-electron chi connectivity index (χ3n) is 2.91. The number of aromatic nitrogens is 2. The first-order valence-electron chi connectivity index (χ1n) is 6.78. The van der Waals surface area contributed by atoms with Crippen molar-refractivity contribution in [2.75, 3.05) is 19.6 Å². The SMILES string of the molecule is C=CCNCCNC(c1ccccn1)c1ccccn1. The van der Waals surface area contributed by atoms with Crippen LogP contribution in [-0.2, 0) is 0 Å². The topological polar surface area (TPSA) is 49.8 Å². The Morgan fingerprint density at radius 2 is 1.65 bits per heavy atom. The highest BCUT2D eigenvalue weighted by atomic mass is 15.0. The Morgan fingerprint density at radius 3 is 2.15 bits per heavy atom. The first-order chi connectivity index (χ1) is 9.92. The summed E-state index contributed by atoms with van der Waals surface area (Å²) in [7, 11) is 0. The number of nitrogens with one attached hydrogen (secondary N) is 2. The van der Waals surface area contributed by atoms with Gasteiger partial charge >= 0.3 is 0 Å². The predicted molar refractivity (Wildman–Crippen MR) is 81.4 cm³/mol. The molecule has 0 amide bonds. The minimum absolute atomic E-state index is 0.0166. The molecule has 4 heteroatoms. The molecule has 20 heavy (non-hydrogen) atoms. The second-order valence-electron chi connectivity index (χ2n) is 4.39. The van der Waals surface area contributed by atoms with Crippen molar-refractivity contribution < 1.29 is 0 Å². The van der Waals surface area contributed by atoms with Gasteiger partial charge in [-0.2, -0.15) is 0 Å². The lowest BCUT2D eigenvalue weighted by atomic mass is 10.1. The number of rotatable bonds is 8. The first kappa shape index (κ1) is 14.4. The fraction of sp³-hybridized carbons (Fsp3) is 0.250. The largest absolute Gasteiger partial charge is 0.312 e. The van der Waals surface area contributed by atoms with Gasteiger partial charge in [0.25, 0.3) is 0 Å². The summed E-state index contributed by atoms with van der Waals surface area (Å²) in [5, 5.41) is 6.76. The van der Waals surface area contributed by atoms with Crippen LogP contribution in [0.5, 0.6) is 0 Å². The Morgan fingerprint density at radius 1 is 1.00 bits per heavy atom. The molecular formula is C16H20N4. The Hall–Kier alpha value is -2.04. The molecule has 0 atom stereocenters. The fourth-order valence-electron chi connectivity index (χ4n) is 1.96. The quantitative estimate of drug-likeness (QED) is 0.567. The molecule has 0 unspecified atom stereocenters. The highest BCUT2D eigenvalue weighted by Gasteiger charge is 2.15. The molecule has 0 aromatic carbocycles. The van der Waals surface area contributed by atoms with Crippen molar-refractivity contribution in [3.8, 4) is 0 Å². The van der Waals surface area contributed by atoms with E-state index in [1.807, 2.05) is 54.9 Å². The maximum absolute atomic E-state index is 4.43. The monoisotopic (exact) mass is 268 g/mol. The highest BCUT2D eigenvalue weighted by Crippen LogP contribution is 2.17. The Kier molecular flexibility index (Phi) is 5.89. The molecule has 0 fully saturated rings. The third-order valence-corrected chi connectivity index (χ3v) is 2.91. The predicted octanol–water partition coefficient (Wildman–Crippen LogP) is 1.93. The Balaban J connectivity index is 2.03. The summed E-state index contributed by atoms with van der Waals surface area (Å²) >= 11 is 0. The molecule has 0 aliphatic rings. The van der Waals surface area contributed by atoms with Gasteiger partial charge < -0.3 is 10.6 Å². The molecule has 0 bridgehead atoms. The van der Waals surface area contributed by atoms with E-state index in [0.29, 0.717) is 0 Å². The molecule has 104 valence electrons. The zero-order chi connectivity index (χ0) is 14.0. The van der Waals surface area contributed by atoms with Crippen molar-refractivity contribution in [3.63, 3.8) is 0 Å². The third kappa shape index (κ3) is 4.26. The number of pyridine rings is 2. The van der Waals surface area contributed by atoms with Crippen LogP contribution in [0.3, 0.4) is 0 Å². The molecule has 0 radical (unpaired) electrons. The van der Waals surface area contributed by atoms with E-state index in [-0.39, 0.29) is 6.04 Å². The van der Waals surface area contributed by atoms with E-state index in [1.54, 1.807) is 0 Å². The van der Waals surface area contributed by atoms with Crippen LogP contribution < -0.4 is 10.6 Å². The zero-order valence-corrected chi connectivity index (χ0v) is 11.5. The van der Waals surface area contributed by atoms with Crippen LogP contribution in [0.15, 0.2) is 61.4 Å². The lowest BCUT2D eigenvalue weighted by molar-refractivity contribution is 0.560. The van der Waals surface area contributed by atoms with Crippen LogP contribution in [0.4, 0.5) is 0 Å². The molecule has 0 saturated carbocycles. The molecule has 0 spiro atoms. The molecule has 2 N–H and O–H groups in total. The van der Waals surface area contributed by atoms with Crippen molar-refractivity contribution in [3.05, 3.63) is 72.8 Å². The highest BCUT2D eigenvalue weighted by molar-refractivity contribution is 5.21. The van der Waals surface area contributed by atoms with E-state index in [2.05, 4.69) is 27.2 Å². The van der Waals surface area contributed by atoms with Gasteiger partial charge in [0.2, 0.25) is 0 Å². The van der Waals surface area contributed by atoms with E-state index >= 15 is 0 Å². The van der Waals surface area contributed by atoms with Gasteiger partial charge in [-0.15, -0.1) is 6.58 Å². The van der Waals surface area contributed by atoms with Crippen molar-refractivity contribution in [1.29, 1.82) is 0 Å². The summed E-state index contributed by atoms with van der Waals surface area (Å²) in [4.78, 5) is 8.86. The summed E-state index contributed by atoms with van der Waals surface area (Å²) in [5.74, 6) is 0. The normalized spacial score (nSPS) is 10.7. The van der Waals surface area contributed by atoms with Gasteiger partial charge in [0.1, 0.15) is 0 Å². The van der Waals surface area contributed by atoms with Crippen LogP contribution in [0, 0.1) is 0 Å². The number of hydrogen-bond donors (Lipinski definition) is 2. The Bertz CT molecular complexity index is 459. The maximum Gasteiger partial charge on any atom is 0.0925 e. The maximum atomic E-state index is 4.43. The molecule has 4 nitrogen and oxygen atoms in total. The summed E-state index contributed by atoms with van der Waals surface area (Å²) in [6, 6.07) is 11.9. The van der Waals surface area contributed by atoms with E-state index < -0.39 is 0 Å². The van der Waals surface area contributed by atoms with Crippen LogP contribution in [0.25, 0.3) is 0 Å². The lowest BCUT2D eigenvalue weighted by Crippen LogP contribution is -2.31. The lowest BCUT2D eigenvalue weighted by Gasteiger charge is -2.17. The van der Waals surface area contributed by atoms with Gasteiger partial charge in [0.05, 0.1) is 17.4 Å². The van der Waals surface area contributed by atoms with Gasteiger partial charge in [0, 0.05) is 32.0 Å². The van der Waals surface area contributed by atoms with Crippen molar-refractivity contribution in [2.24, 2.45) is 0 Å². The van der Waals surface area contributed by atoms with Crippen LogP contribution in [0.2, 0.25) is 0 Å². The Labute approximate surface area is 120 Å². The summed E-state index contributed by atoms with van der Waals surface area (Å²) in [6.45, 7) is 6.22. The second-order valence-corrected chi connectivity index (χ2v) is 4.39. The van der Waals surface area contributed by atoms with Gasteiger partial charge in [-0.25, -0.2) is 0 Å². The molecule has 2 rings (SSSR count). The first-order valence-corrected chi connectivity index (χ1v) is 6.78. The molecule has 0 saturated heterocycles. The number of hydrogen-bond acceptors (Lipinski definition) is 4. The molecule has 0 aliphatic heterocycles. The van der Waals surface area contributed by atoms with Crippen LogP contribution in [0.1, 0.15) is 17.4 Å². The standard InChI is InChI=1S/C16H20N4/c1-2-9-17-12-13-20-16(14-7-3-5-10-18-14)15-8-4-6-11-19-15/h2-8,10-11,16-17,20H,1,9,12-13H2. The van der Waals surface area contributed by atoms with Crippen molar-refractivity contribution in [1.82, 2.24) is 20.6 Å². The molecular weight excluding hydrogens is 248 g/mol. The molecule has 0 aliphatic carbocycles. The zero-order valence-electron chi connectivity index (χ0n) is 11.5. The van der Waals surface area contributed by atoms with Crippen molar-refractivity contribution >= 4 is 0 Å². The average molecular weight is 268 g/mol. The summed E-state index contributed by atoms with van der Waals surface area (Å²) in [5.41, 5.74) is 1.96. The van der Waals surface area contributed by atoms with Crippen LogP contribution >= 0.6 is 0 Å². The van der Waals surface area contributed by atoms with Gasteiger partial charge in [-0.1, -0.05) is 18.2 Å².